The standard InChI is InChI=1S/C17H32N4/c1-14-10-17(12-18,13-21(14)15-5-6-15)20-9-3-8-19-7-2-4-16(19)11-20/h14-16H,2-13,18H2,1H3. The van der Waals surface area contributed by atoms with Gasteiger partial charge in [0.15, 0.2) is 0 Å². The molecule has 3 heterocycles. The van der Waals surface area contributed by atoms with Gasteiger partial charge in [0.1, 0.15) is 0 Å². The summed E-state index contributed by atoms with van der Waals surface area (Å²) in [6.45, 7) is 9.66. The van der Waals surface area contributed by atoms with Crippen LogP contribution in [0.1, 0.15) is 45.4 Å². The van der Waals surface area contributed by atoms with E-state index in [9.17, 15) is 0 Å². The van der Waals surface area contributed by atoms with Gasteiger partial charge in [-0.25, -0.2) is 0 Å². The van der Waals surface area contributed by atoms with Crippen LogP contribution in [0.15, 0.2) is 0 Å². The van der Waals surface area contributed by atoms with Crippen LogP contribution in [0.2, 0.25) is 0 Å². The first-order chi connectivity index (χ1) is 10.2. The van der Waals surface area contributed by atoms with Gasteiger partial charge >= 0.3 is 0 Å². The third-order valence-corrected chi connectivity index (χ3v) is 6.59. The summed E-state index contributed by atoms with van der Waals surface area (Å²) in [7, 11) is 0. The Hall–Kier alpha value is -0.160. The van der Waals surface area contributed by atoms with Gasteiger partial charge < -0.3 is 5.73 Å². The Morgan fingerprint density at radius 1 is 1.05 bits per heavy atom. The number of nitrogens with zero attached hydrogens (tertiary/aromatic N) is 3. The van der Waals surface area contributed by atoms with Gasteiger partial charge in [-0.2, -0.15) is 0 Å². The topological polar surface area (TPSA) is 35.7 Å². The molecule has 3 saturated heterocycles. The van der Waals surface area contributed by atoms with Crippen LogP contribution in [-0.2, 0) is 0 Å². The highest BCUT2D eigenvalue weighted by Gasteiger charge is 2.50. The fourth-order valence-corrected chi connectivity index (χ4v) is 5.27. The molecule has 0 spiro atoms. The summed E-state index contributed by atoms with van der Waals surface area (Å²) in [5.41, 5.74) is 6.62. The Labute approximate surface area is 129 Å². The van der Waals surface area contributed by atoms with Crippen molar-refractivity contribution in [2.24, 2.45) is 5.73 Å². The fraction of sp³-hybridized carbons (Fsp3) is 1.00. The monoisotopic (exact) mass is 292 g/mol. The van der Waals surface area contributed by atoms with E-state index in [2.05, 4.69) is 21.6 Å². The molecule has 0 aromatic heterocycles. The second kappa shape index (κ2) is 5.48. The first kappa shape index (κ1) is 14.4. The summed E-state index contributed by atoms with van der Waals surface area (Å²) in [5, 5.41) is 0. The van der Waals surface area contributed by atoms with E-state index in [1.165, 1.54) is 71.2 Å². The van der Waals surface area contributed by atoms with Gasteiger partial charge in [0.2, 0.25) is 0 Å². The van der Waals surface area contributed by atoms with Crippen molar-refractivity contribution in [1.29, 1.82) is 0 Å². The summed E-state index contributed by atoms with van der Waals surface area (Å²) in [6, 6.07) is 2.41. The van der Waals surface area contributed by atoms with Gasteiger partial charge in [-0.1, -0.05) is 0 Å². The van der Waals surface area contributed by atoms with Crippen molar-refractivity contribution < 1.29 is 0 Å². The predicted molar refractivity (Wildman–Crippen MR) is 86.4 cm³/mol. The Balaban J connectivity index is 1.51. The van der Waals surface area contributed by atoms with Crippen molar-refractivity contribution in [3.05, 3.63) is 0 Å². The number of hydrogen-bond acceptors (Lipinski definition) is 4. The molecule has 0 aromatic carbocycles. The van der Waals surface area contributed by atoms with E-state index >= 15 is 0 Å². The minimum absolute atomic E-state index is 0.264. The van der Waals surface area contributed by atoms with Gasteiger partial charge in [-0.3, -0.25) is 14.7 Å². The molecule has 4 nitrogen and oxygen atoms in total. The maximum absolute atomic E-state index is 6.35. The second-order valence-corrected chi connectivity index (χ2v) is 8.02. The molecule has 4 aliphatic rings. The maximum Gasteiger partial charge on any atom is 0.0474 e. The number of rotatable bonds is 3. The van der Waals surface area contributed by atoms with Crippen LogP contribution >= 0.6 is 0 Å². The minimum atomic E-state index is 0.264. The lowest BCUT2D eigenvalue weighted by Gasteiger charge is -2.41. The molecule has 4 fully saturated rings. The van der Waals surface area contributed by atoms with Crippen LogP contribution in [0.4, 0.5) is 0 Å². The minimum Gasteiger partial charge on any atom is -0.329 e. The average Bonchev–Trinajstić information content (AvgIpc) is 3.20. The molecule has 21 heavy (non-hydrogen) atoms. The van der Waals surface area contributed by atoms with Crippen molar-refractivity contribution in [2.75, 3.05) is 39.3 Å². The van der Waals surface area contributed by atoms with Crippen LogP contribution in [0, 0.1) is 0 Å². The van der Waals surface area contributed by atoms with Crippen molar-refractivity contribution in [3.63, 3.8) is 0 Å². The largest absolute Gasteiger partial charge is 0.329 e. The third kappa shape index (κ3) is 2.54. The van der Waals surface area contributed by atoms with Crippen LogP contribution in [0.3, 0.4) is 0 Å². The second-order valence-electron chi connectivity index (χ2n) is 8.02. The molecule has 0 bridgehead atoms. The molecule has 0 radical (unpaired) electrons. The van der Waals surface area contributed by atoms with Gasteiger partial charge in [0.05, 0.1) is 0 Å². The van der Waals surface area contributed by atoms with Gasteiger partial charge in [-0.05, 0) is 58.5 Å². The Bertz CT molecular complexity index is 383. The number of hydrogen-bond donors (Lipinski definition) is 1. The smallest absolute Gasteiger partial charge is 0.0474 e. The molecule has 4 rings (SSSR count). The third-order valence-electron chi connectivity index (χ3n) is 6.59. The SMILES string of the molecule is CC1CC(CN)(N2CCCN3CCCC3C2)CN1C1CC1. The molecule has 0 aromatic rings. The van der Waals surface area contributed by atoms with E-state index < -0.39 is 0 Å². The quantitative estimate of drug-likeness (QED) is 0.845. The van der Waals surface area contributed by atoms with Crippen molar-refractivity contribution in [2.45, 2.75) is 69.1 Å². The zero-order valence-electron chi connectivity index (χ0n) is 13.6. The lowest BCUT2D eigenvalue weighted by atomic mass is 9.93. The van der Waals surface area contributed by atoms with Crippen LogP contribution in [0.25, 0.3) is 0 Å². The molecule has 4 heteroatoms. The number of likely N-dealkylation sites (tertiary alicyclic amines) is 1. The molecule has 3 aliphatic heterocycles. The highest BCUT2D eigenvalue weighted by molar-refractivity contribution is 5.08. The normalized spacial score (nSPS) is 43.1. The molecule has 3 unspecified atom stereocenters. The van der Waals surface area contributed by atoms with Crippen molar-refractivity contribution in [3.8, 4) is 0 Å². The maximum atomic E-state index is 6.35. The Morgan fingerprint density at radius 2 is 1.86 bits per heavy atom. The first-order valence-electron chi connectivity index (χ1n) is 9.17. The summed E-state index contributed by atoms with van der Waals surface area (Å²) < 4.78 is 0. The molecular formula is C17H32N4. The van der Waals surface area contributed by atoms with E-state index in [-0.39, 0.29) is 5.54 Å². The fourth-order valence-electron chi connectivity index (χ4n) is 5.27. The van der Waals surface area contributed by atoms with E-state index in [1.54, 1.807) is 0 Å². The Morgan fingerprint density at radius 3 is 2.62 bits per heavy atom. The molecule has 3 atom stereocenters. The van der Waals surface area contributed by atoms with Gasteiger partial charge in [0.25, 0.3) is 0 Å². The molecular weight excluding hydrogens is 260 g/mol. The molecule has 120 valence electrons. The zero-order chi connectivity index (χ0) is 14.4. The van der Waals surface area contributed by atoms with E-state index in [0.717, 1.165) is 24.7 Å². The number of fused-ring (bicyclic) bond motifs is 1. The lowest BCUT2D eigenvalue weighted by Crippen LogP contribution is -2.57. The van der Waals surface area contributed by atoms with E-state index in [0.29, 0.717) is 0 Å². The first-order valence-corrected chi connectivity index (χ1v) is 9.17. The van der Waals surface area contributed by atoms with Crippen molar-refractivity contribution in [1.82, 2.24) is 14.7 Å². The molecule has 2 N–H and O–H groups in total. The highest BCUT2D eigenvalue weighted by Crippen LogP contribution is 2.40. The van der Waals surface area contributed by atoms with Crippen LogP contribution < -0.4 is 5.73 Å². The van der Waals surface area contributed by atoms with Crippen LogP contribution in [0.5, 0.6) is 0 Å². The summed E-state index contributed by atoms with van der Waals surface area (Å²) >= 11 is 0. The average molecular weight is 292 g/mol. The zero-order valence-corrected chi connectivity index (χ0v) is 13.6. The van der Waals surface area contributed by atoms with Gasteiger partial charge in [0, 0.05) is 49.8 Å². The van der Waals surface area contributed by atoms with Gasteiger partial charge in [-0.15, -0.1) is 0 Å². The van der Waals surface area contributed by atoms with Crippen molar-refractivity contribution >= 4 is 0 Å². The molecule has 1 saturated carbocycles. The highest BCUT2D eigenvalue weighted by atomic mass is 15.4. The number of nitrogens with two attached hydrogens (primary N) is 1. The summed E-state index contributed by atoms with van der Waals surface area (Å²) in [6.07, 6.45) is 8.25. The molecule has 1 aliphatic carbocycles. The molecule has 0 amide bonds. The Kier molecular flexibility index (Phi) is 3.77. The van der Waals surface area contributed by atoms with Crippen LogP contribution in [-0.4, -0.2) is 77.6 Å². The summed E-state index contributed by atoms with van der Waals surface area (Å²) in [5.74, 6) is 0. The lowest BCUT2D eigenvalue weighted by molar-refractivity contribution is 0.0883. The van der Waals surface area contributed by atoms with E-state index in [1.807, 2.05) is 0 Å². The summed E-state index contributed by atoms with van der Waals surface area (Å²) in [4.78, 5) is 8.31. The van der Waals surface area contributed by atoms with E-state index in [4.69, 9.17) is 5.73 Å². The predicted octanol–water partition coefficient (Wildman–Crippen LogP) is 1.11.